The summed E-state index contributed by atoms with van der Waals surface area (Å²) < 4.78 is 26.9. The molecule has 0 unspecified atom stereocenters. The fraction of sp³-hybridized carbons (Fsp3) is 0.435. The summed E-state index contributed by atoms with van der Waals surface area (Å²) in [6, 6.07) is 4.82. The Bertz CT molecular complexity index is 1080. The molecule has 2 aromatic rings. The van der Waals surface area contributed by atoms with Crippen LogP contribution in [-0.4, -0.2) is 53.7 Å². The highest BCUT2D eigenvalue weighted by Crippen LogP contribution is 2.33. The molecule has 0 saturated heterocycles. The van der Waals surface area contributed by atoms with Crippen molar-refractivity contribution in [1.82, 2.24) is 14.8 Å². The molecule has 1 aliphatic rings. The van der Waals surface area contributed by atoms with Crippen LogP contribution in [0.5, 0.6) is 0 Å². The highest BCUT2D eigenvalue weighted by molar-refractivity contribution is 6.02. The average Bonchev–Trinajstić information content (AvgIpc) is 2.65. The number of nitrogens with zero attached hydrogens (tertiary/aromatic N) is 2. The first kappa shape index (κ1) is 22.8. The topological polar surface area (TPSA) is 73.5 Å². The fourth-order valence-corrected chi connectivity index (χ4v) is 3.79. The number of nitrogens with one attached hydrogen (secondary N) is 1. The molecule has 0 radical (unpaired) electrons. The SMILES string of the molecule is CN(C)CCN(Cc1ccc(F)c(F)c1)C(=O)c1cc2c([nH]c1=O)CC(C)(C)CC2=O. The number of H-pyrrole nitrogens is 1. The van der Waals surface area contributed by atoms with Gasteiger partial charge in [-0.3, -0.25) is 14.4 Å². The molecule has 31 heavy (non-hydrogen) atoms. The minimum atomic E-state index is -1.00. The largest absolute Gasteiger partial charge is 0.333 e. The van der Waals surface area contributed by atoms with Crippen LogP contribution in [0.15, 0.2) is 29.1 Å². The molecule has 0 fully saturated rings. The molecule has 1 aliphatic carbocycles. The Morgan fingerprint density at radius 1 is 1.06 bits per heavy atom. The van der Waals surface area contributed by atoms with E-state index in [0.29, 0.717) is 36.2 Å². The molecular formula is C23H27F2N3O3. The van der Waals surface area contributed by atoms with Crippen molar-refractivity contribution >= 4 is 11.7 Å². The van der Waals surface area contributed by atoms with E-state index < -0.39 is 23.1 Å². The molecule has 6 nitrogen and oxygen atoms in total. The van der Waals surface area contributed by atoms with Gasteiger partial charge in [0.05, 0.1) is 0 Å². The van der Waals surface area contributed by atoms with Gasteiger partial charge in [-0.2, -0.15) is 0 Å². The number of amides is 1. The fourth-order valence-electron chi connectivity index (χ4n) is 3.79. The van der Waals surface area contributed by atoms with E-state index in [4.69, 9.17) is 0 Å². The number of likely N-dealkylation sites (N-methyl/N-ethyl adjacent to an activating group) is 1. The lowest BCUT2D eigenvalue weighted by Crippen LogP contribution is -2.40. The monoisotopic (exact) mass is 431 g/mol. The lowest BCUT2D eigenvalue weighted by Gasteiger charge is -2.30. The summed E-state index contributed by atoms with van der Waals surface area (Å²) in [4.78, 5) is 44.6. The van der Waals surface area contributed by atoms with Crippen LogP contribution >= 0.6 is 0 Å². The van der Waals surface area contributed by atoms with Crippen LogP contribution in [0.4, 0.5) is 8.78 Å². The zero-order valence-electron chi connectivity index (χ0n) is 18.2. The first-order chi connectivity index (χ1) is 14.5. The lowest BCUT2D eigenvalue weighted by atomic mass is 9.75. The van der Waals surface area contributed by atoms with E-state index in [1.807, 2.05) is 32.8 Å². The maximum absolute atomic E-state index is 13.6. The van der Waals surface area contributed by atoms with Crippen LogP contribution in [0.3, 0.4) is 0 Å². The van der Waals surface area contributed by atoms with Crippen molar-refractivity contribution in [2.75, 3.05) is 27.2 Å². The quantitative estimate of drug-likeness (QED) is 0.763. The summed E-state index contributed by atoms with van der Waals surface area (Å²) in [7, 11) is 3.68. The molecule has 1 heterocycles. The number of hydrogen-bond donors (Lipinski definition) is 1. The maximum Gasteiger partial charge on any atom is 0.261 e. The maximum atomic E-state index is 13.6. The van der Waals surface area contributed by atoms with E-state index in [9.17, 15) is 23.2 Å². The number of halogens is 2. The first-order valence-electron chi connectivity index (χ1n) is 10.1. The molecule has 3 rings (SSSR count). The van der Waals surface area contributed by atoms with Crippen LogP contribution in [0, 0.1) is 17.0 Å². The van der Waals surface area contributed by atoms with Crippen molar-refractivity contribution in [3.63, 3.8) is 0 Å². The Kier molecular flexibility index (Phi) is 6.40. The van der Waals surface area contributed by atoms with Crippen LogP contribution in [0.1, 0.15) is 52.2 Å². The van der Waals surface area contributed by atoms with E-state index in [-0.39, 0.29) is 29.9 Å². The second kappa shape index (κ2) is 8.70. The Hall–Kier alpha value is -2.87. The number of benzene rings is 1. The van der Waals surface area contributed by atoms with Gasteiger partial charge < -0.3 is 14.8 Å². The van der Waals surface area contributed by atoms with Crippen molar-refractivity contribution in [2.24, 2.45) is 5.41 Å². The third-order valence-electron chi connectivity index (χ3n) is 5.41. The average molecular weight is 431 g/mol. The predicted octanol–water partition coefficient (Wildman–Crippen LogP) is 3.01. The van der Waals surface area contributed by atoms with Gasteiger partial charge in [-0.15, -0.1) is 0 Å². The van der Waals surface area contributed by atoms with Crippen molar-refractivity contribution < 1.29 is 18.4 Å². The number of aromatic nitrogens is 1. The zero-order valence-corrected chi connectivity index (χ0v) is 18.2. The first-order valence-corrected chi connectivity index (χ1v) is 10.1. The van der Waals surface area contributed by atoms with Crippen molar-refractivity contribution in [3.05, 3.63) is 68.6 Å². The van der Waals surface area contributed by atoms with Crippen LogP contribution < -0.4 is 5.56 Å². The van der Waals surface area contributed by atoms with Gasteiger partial charge in [0.25, 0.3) is 11.5 Å². The Balaban J connectivity index is 1.95. The van der Waals surface area contributed by atoms with Gasteiger partial charge in [-0.1, -0.05) is 19.9 Å². The van der Waals surface area contributed by atoms with E-state index in [1.165, 1.54) is 17.0 Å². The molecule has 0 atom stereocenters. The minimum absolute atomic E-state index is 0.00136. The second-order valence-corrected chi connectivity index (χ2v) is 9.12. The molecule has 1 aromatic carbocycles. The highest BCUT2D eigenvalue weighted by atomic mass is 19.2. The number of rotatable bonds is 6. The van der Waals surface area contributed by atoms with Gasteiger partial charge in [-0.05, 0) is 49.7 Å². The predicted molar refractivity (Wildman–Crippen MR) is 113 cm³/mol. The number of pyridine rings is 1. The van der Waals surface area contributed by atoms with Crippen molar-refractivity contribution in [2.45, 2.75) is 33.2 Å². The molecule has 1 N–H and O–H groups in total. The van der Waals surface area contributed by atoms with Crippen LogP contribution in [0.25, 0.3) is 0 Å². The number of carbonyl (C=O) groups excluding carboxylic acids is 2. The standard InChI is InChI=1S/C23H27F2N3O3/c1-23(2)11-19-15(20(29)12-23)10-16(21(30)26-19)22(31)28(8-7-27(3)4)13-14-5-6-17(24)18(25)9-14/h5-6,9-10H,7-8,11-13H2,1-4H3,(H,26,30). The van der Waals surface area contributed by atoms with E-state index >= 15 is 0 Å². The van der Waals surface area contributed by atoms with Crippen LogP contribution in [-0.2, 0) is 13.0 Å². The molecule has 166 valence electrons. The summed E-state index contributed by atoms with van der Waals surface area (Å²) >= 11 is 0. The molecule has 0 aliphatic heterocycles. The summed E-state index contributed by atoms with van der Waals surface area (Å²) in [5, 5.41) is 0. The molecule has 1 aromatic heterocycles. The van der Waals surface area contributed by atoms with Crippen LogP contribution in [0.2, 0.25) is 0 Å². The Labute approximate surface area is 179 Å². The van der Waals surface area contributed by atoms with Gasteiger partial charge in [0.15, 0.2) is 17.4 Å². The highest BCUT2D eigenvalue weighted by Gasteiger charge is 2.33. The van der Waals surface area contributed by atoms with E-state index in [1.54, 1.807) is 0 Å². The molecule has 0 bridgehead atoms. The normalized spacial score (nSPS) is 15.1. The number of fused-ring (bicyclic) bond motifs is 1. The molecule has 0 spiro atoms. The third kappa shape index (κ3) is 5.25. The Morgan fingerprint density at radius 2 is 1.77 bits per heavy atom. The summed E-state index contributed by atoms with van der Waals surface area (Å²) in [5.74, 6) is -2.65. The van der Waals surface area contributed by atoms with Crippen molar-refractivity contribution in [3.8, 4) is 0 Å². The summed E-state index contributed by atoms with van der Waals surface area (Å²) in [6.07, 6.45) is 0.871. The van der Waals surface area contributed by atoms with Gasteiger partial charge in [0.1, 0.15) is 5.56 Å². The number of aromatic amines is 1. The zero-order chi connectivity index (χ0) is 22.9. The van der Waals surface area contributed by atoms with Gasteiger partial charge in [0, 0.05) is 37.3 Å². The number of carbonyl (C=O) groups is 2. The Morgan fingerprint density at radius 3 is 2.42 bits per heavy atom. The lowest BCUT2D eigenvalue weighted by molar-refractivity contribution is 0.0729. The van der Waals surface area contributed by atoms with Gasteiger partial charge in [-0.25, -0.2) is 8.78 Å². The molecule has 1 amide bonds. The van der Waals surface area contributed by atoms with E-state index in [0.717, 1.165) is 12.1 Å². The minimum Gasteiger partial charge on any atom is -0.333 e. The third-order valence-corrected chi connectivity index (χ3v) is 5.41. The smallest absolute Gasteiger partial charge is 0.261 e. The number of hydrogen-bond acceptors (Lipinski definition) is 4. The number of Topliss-reactive ketones (excluding diaryl/α,β-unsaturated/α-hetero) is 1. The van der Waals surface area contributed by atoms with Gasteiger partial charge in [0.2, 0.25) is 0 Å². The van der Waals surface area contributed by atoms with Gasteiger partial charge >= 0.3 is 0 Å². The number of ketones is 1. The van der Waals surface area contributed by atoms with E-state index in [2.05, 4.69) is 4.98 Å². The second-order valence-electron chi connectivity index (χ2n) is 9.12. The summed E-state index contributed by atoms with van der Waals surface area (Å²) in [6.45, 7) is 4.68. The molecular weight excluding hydrogens is 404 g/mol. The molecule has 0 saturated carbocycles. The van der Waals surface area contributed by atoms with Crippen molar-refractivity contribution in [1.29, 1.82) is 0 Å². The summed E-state index contributed by atoms with van der Waals surface area (Å²) in [5.41, 5.74) is 0.356. The molecule has 8 heteroatoms.